The third-order valence-corrected chi connectivity index (χ3v) is 5.69. The first-order valence-electron chi connectivity index (χ1n) is 8.14. The highest BCUT2D eigenvalue weighted by atomic mass is 16.3. The second kappa shape index (κ2) is 6.38. The monoisotopic (exact) mass is 253 g/mol. The first kappa shape index (κ1) is 14.3. The van der Waals surface area contributed by atoms with Gasteiger partial charge in [0.25, 0.3) is 0 Å². The van der Waals surface area contributed by atoms with Crippen molar-refractivity contribution in [3.05, 3.63) is 0 Å². The molecule has 0 bridgehead atoms. The maximum absolute atomic E-state index is 11.3. The lowest BCUT2D eigenvalue weighted by Crippen LogP contribution is -2.52. The number of hydrogen-bond donors (Lipinski definition) is 2. The van der Waals surface area contributed by atoms with Crippen LogP contribution in [0, 0.1) is 17.8 Å². The molecule has 0 saturated heterocycles. The average molecular weight is 253 g/mol. The Hall–Kier alpha value is -0.0800. The average Bonchev–Trinajstić information content (AvgIpc) is 2.41. The standard InChI is InChI=1S/C16H31NO/c1-2-14(12-17)16(18)11-7-6-10-15(16)13-8-4-3-5-9-13/h13-15,18H,2-12,17H2,1H3. The smallest absolute Gasteiger partial charge is 0.0718 e. The Morgan fingerprint density at radius 2 is 1.78 bits per heavy atom. The highest BCUT2D eigenvalue weighted by Crippen LogP contribution is 2.47. The third-order valence-electron chi connectivity index (χ3n) is 5.69. The van der Waals surface area contributed by atoms with E-state index >= 15 is 0 Å². The second-order valence-corrected chi connectivity index (χ2v) is 6.58. The van der Waals surface area contributed by atoms with E-state index in [2.05, 4.69) is 6.92 Å². The SMILES string of the molecule is CCC(CN)C1(O)CCCCC1C1CCCCC1. The summed E-state index contributed by atoms with van der Waals surface area (Å²) >= 11 is 0. The molecule has 2 rings (SSSR count). The minimum atomic E-state index is -0.455. The summed E-state index contributed by atoms with van der Waals surface area (Å²) in [5, 5.41) is 11.3. The minimum Gasteiger partial charge on any atom is -0.389 e. The summed E-state index contributed by atoms with van der Waals surface area (Å²) in [5.41, 5.74) is 5.48. The van der Waals surface area contributed by atoms with Crippen LogP contribution in [0.3, 0.4) is 0 Å². The Labute approximate surface area is 112 Å². The molecule has 0 aromatic rings. The van der Waals surface area contributed by atoms with Gasteiger partial charge in [-0.1, -0.05) is 51.9 Å². The zero-order chi connectivity index (χ0) is 13.0. The Morgan fingerprint density at radius 1 is 1.11 bits per heavy atom. The van der Waals surface area contributed by atoms with Crippen molar-refractivity contribution in [1.82, 2.24) is 0 Å². The first-order chi connectivity index (χ1) is 8.72. The quantitative estimate of drug-likeness (QED) is 0.806. The molecule has 2 fully saturated rings. The summed E-state index contributed by atoms with van der Waals surface area (Å²) in [6.45, 7) is 2.83. The fourth-order valence-electron chi connectivity index (χ4n) is 4.62. The predicted molar refractivity (Wildman–Crippen MR) is 76.3 cm³/mol. The fourth-order valence-corrected chi connectivity index (χ4v) is 4.62. The Morgan fingerprint density at radius 3 is 2.39 bits per heavy atom. The van der Waals surface area contributed by atoms with Crippen molar-refractivity contribution in [2.24, 2.45) is 23.5 Å². The zero-order valence-corrected chi connectivity index (χ0v) is 12.0. The van der Waals surface area contributed by atoms with Crippen LogP contribution in [-0.2, 0) is 0 Å². The first-order valence-corrected chi connectivity index (χ1v) is 8.14. The van der Waals surface area contributed by atoms with Crippen molar-refractivity contribution in [1.29, 1.82) is 0 Å². The largest absolute Gasteiger partial charge is 0.389 e. The Balaban J connectivity index is 2.13. The summed E-state index contributed by atoms with van der Waals surface area (Å²) in [6.07, 6.45) is 12.6. The Bertz CT molecular complexity index is 245. The predicted octanol–water partition coefficient (Wildman–Crippen LogP) is 3.47. The zero-order valence-electron chi connectivity index (χ0n) is 12.0. The summed E-state index contributed by atoms with van der Waals surface area (Å²) in [6, 6.07) is 0. The van der Waals surface area contributed by atoms with E-state index < -0.39 is 5.60 Å². The van der Waals surface area contributed by atoms with Crippen molar-refractivity contribution < 1.29 is 5.11 Å². The summed E-state index contributed by atoms with van der Waals surface area (Å²) in [7, 11) is 0. The van der Waals surface area contributed by atoms with Gasteiger partial charge in [0.05, 0.1) is 5.60 Å². The molecule has 0 aliphatic heterocycles. The molecule has 18 heavy (non-hydrogen) atoms. The van der Waals surface area contributed by atoms with Gasteiger partial charge in [-0.15, -0.1) is 0 Å². The van der Waals surface area contributed by atoms with Crippen LogP contribution in [-0.4, -0.2) is 17.3 Å². The van der Waals surface area contributed by atoms with Gasteiger partial charge in [0.15, 0.2) is 0 Å². The van der Waals surface area contributed by atoms with Crippen molar-refractivity contribution in [2.45, 2.75) is 76.7 Å². The topological polar surface area (TPSA) is 46.2 Å². The molecule has 106 valence electrons. The maximum atomic E-state index is 11.3. The molecule has 2 saturated carbocycles. The molecule has 0 amide bonds. The van der Waals surface area contributed by atoms with Crippen LogP contribution in [0.15, 0.2) is 0 Å². The molecule has 0 aromatic carbocycles. The van der Waals surface area contributed by atoms with Crippen molar-refractivity contribution in [3.8, 4) is 0 Å². The molecule has 0 aromatic heterocycles. The van der Waals surface area contributed by atoms with Crippen LogP contribution in [0.4, 0.5) is 0 Å². The minimum absolute atomic E-state index is 0.310. The van der Waals surface area contributed by atoms with Gasteiger partial charge >= 0.3 is 0 Å². The van der Waals surface area contributed by atoms with Crippen molar-refractivity contribution >= 4 is 0 Å². The maximum Gasteiger partial charge on any atom is 0.0718 e. The molecular weight excluding hydrogens is 222 g/mol. The molecule has 2 aliphatic carbocycles. The van der Waals surface area contributed by atoms with Crippen LogP contribution in [0.25, 0.3) is 0 Å². The van der Waals surface area contributed by atoms with Crippen LogP contribution < -0.4 is 5.73 Å². The number of hydrogen-bond acceptors (Lipinski definition) is 2. The molecule has 2 heteroatoms. The number of nitrogens with two attached hydrogens (primary N) is 1. The van der Waals surface area contributed by atoms with Gasteiger partial charge in [0.2, 0.25) is 0 Å². The van der Waals surface area contributed by atoms with Gasteiger partial charge in [-0.2, -0.15) is 0 Å². The van der Waals surface area contributed by atoms with E-state index in [-0.39, 0.29) is 0 Å². The van der Waals surface area contributed by atoms with Gasteiger partial charge in [-0.25, -0.2) is 0 Å². The molecule has 0 spiro atoms. The molecule has 2 nitrogen and oxygen atoms in total. The summed E-state index contributed by atoms with van der Waals surface area (Å²) < 4.78 is 0. The third kappa shape index (κ3) is 2.75. The lowest BCUT2D eigenvalue weighted by atomic mass is 9.61. The molecule has 3 unspecified atom stereocenters. The van der Waals surface area contributed by atoms with Gasteiger partial charge in [-0.05, 0) is 43.6 Å². The van der Waals surface area contributed by atoms with E-state index in [1.165, 1.54) is 51.4 Å². The van der Waals surface area contributed by atoms with Crippen molar-refractivity contribution in [3.63, 3.8) is 0 Å². The van der Waals surface area contributed by atoms with Crippen LogP contribution in [0.2, 0.25) is 0 Å². The van der Waals surface area contributed by atoms with E-state index in [1.54, 1.807) is 0 Å². The van der Waals surface area contributed by atoms with E-state index in [0.29, 0.717) is 18.4 Å². The van der Waals surface area contributed by atoms with E-state index in [1.807, 2.05) is 0 Å². The highest BCUT2D eigenvalue weighted by molar-refractivity contribution is 4.98. The van der Waals surface area contributed by atoms with Gasteiger partial charge in [0.1, 0.15) is 0 Å². The molecule has 2 aliphatic rings. The number of rotatable bonds is 4. The van der Waals surface area contributed by atoms with Crippen LogP contribution >= 0.6 is 0 Å². The molecule has 3 N–H and O–H groups in total. The lowest BCUT2D eigenvalue weighted by Gasteiger charge is -2.49. The van der Waals surface area contributed by atoms with Gasteiger partial charge in [0, 0.05) is 0 Å². The van der Waals surface area contributed by atoms with Gasteiger partial charge in [-0.3, -0.25) is 0 Å². The van der Waals surface area contributed by atoms with Gasteiger partial charge < -0.3 is 10.8 Å². The van der Waals surface area contributed by atoms with Crippen molar-refractivity contribution in [2.75, 3.05) is 6.54 Å². The van der Waals surface area contributed by atoms with Crippen LogP contribution in [0.5, 0.6) is 0 Å². The van der Waals surface area contributed by atoms with E-state index in [0.717, 1.165) is 18.8 Å². The summed E-state index contributed by atoms with van der Waals surface area (Å²) in [5.74, 6) is 1.61. The van der Waals surface area contributed by atoms with Crippen LogP contribution in [0.1, 0.15) is 71.1 Å². The number of aliphatic hydroxyl groups is 1. The highest BCUT2D eigenvalue weighted by Gasteiger charge is 2.46. The Kier molecular flexibility index (Phi) is 5.08. The molecule has 3 atom stereocenters. The second-order valence-electron chi connectivity index (χ2n) is 6.58. The normalized spacial score (nSPS) is 36.5. The van der Waals surface area contributed by atoms with E-state index in [9.17, 15) is 5.11 Å². The molecular formula is C16H31NO. The molecule has 0 radical (unpaired) electrons. The fraction of sp³-hybridized carbons (Fsp3) is 1.00. The molecule has 0 heterocycles. The lowest BCUT2D eigenvalue weighted by molar-refractivity contribution is -0.117. The summed E-state index contributed by atoms with van der Waals surface area (Å²) in [4.78, 5) is 0. The van der Waals surface area contributed by atoms with E-state index in [4.69, 9.17) is 5.73 Å².